The SMILES string of the molecule is COC(=O)[C@H](Cc1ccc(F)cc1)NC(=O)c1ccccc1Cl. The molecule has 1 atom stereocenters. The average Bonchev–Trinajstić information content (AvgIpc) is 2.55. The quantitative estimate of drug-likeness (QED) is 0.855. The van der Waals surface area contributed by atoms with Crippen molar-refractivity contribution in [3.8, 4) is 0 Å². The number of methoxy groups -OCH3 is 1. The monoisotopic (exact) mass is 335 g/mol. The first kappa shape index (κ1) is 17.0. The fourth-order valence-electron chi connectivity index (χ4n) is 2.07. The second kappa shape index (κ2) is 7.74. The van der Waals surface area contributed by atoms with Crippen LogP contribution in [-0.4, -0.2) is 25.0 Å². The molecule has 0 saturated carbocycles. The van der Waals surface area contributed by atoms with Crippen LogP contribution < -0.4 is 5.32 Å². The molecule has 0 radical (unpaired) electrons. The van der Waals surface area contributed by atoms with Crippen molar-refractivity contribution in [3.05, 3.63) is 70.5 Å². The second-order valence-electron chi connectivity index (χ2n) is 4.86. The van der Waals surface area contributed by atoms with Crippen LogP contribution in [0.1, 0.15) is 15.9 Å². The number of hydrogen-bond acceptors (Lipinski definition) is 3. The van der Waals surface area contributed by atoms with Gasteiger partial charge < -0.3 is 10.1 Å². The third kappa shape index (κ3) is 4.53. The highest BCUT2D eigenvalue weighted by atomic mass is 35.5. The first-order valence-corrected chi connectivity index (χ1v) is 7.26. The minimum Gasteiger partial charge on any atom is -0.467 e. The average molecular weight is 336 g/mol. The molecule has 2 aromatic rings. The zero-order valence-electron chi connectivity index (χ0n) is 12.4. The lowest BCUT2D eigenvalue weighted by atomic mass is 10.1. The van der Waals surface area contributed by atoms with Gasteiger partial charge >= 0.3 is 5.97 Å². The van der Waals surface area contributed by atoms with Crippen LogP contribution in [0, 0.1) is 5.82 Å². The molecule has 0 unspecified atom stereocenters. The zero-order chi connectivity index (χ0) is 16.8. The van der Waals surface area contributed by atoms with E-state index in [9.17, 15) is 14.0 Å². The maximum absolute atomic E-state index is 12.9. The van der Waals surface area contributed by atoms with E-state index in [0.29, 0.717) is 5.56 Å². The number of ether oxygens (including phenoxy) is 1. The highest BCUT2D eigenvalue weighted by Crippen LogP contribution is 2.15. The smallest absolute Gasteiger partial charge is 0.328 e. The van der Waals surface area contributed by atoms with E-state index >= 15 is 0 Å². The van der Waals surface area contributed by atoms with E-state index < -0.39 is 17.9 Å². The van der Waals surface area contributed by atoms with Crippen molar-refractivity contribution in [2.45, 2.75) is 12.5 Å². The third-order valence-corrected chi connectivity index (χ3v) is 3.59. The Bertz CT molecular complexity index is 703. The van der Waals surface area contributed by atoms with Crippen molar-refractivity contribution in [3.63, 3.8) is 0 Å². The number of hydrogen-bond donors (Lipinski definition) is 1. The molecule has 0 heterocycles. The molecule has 0 aromatic heterocycles. The fraction of sp³-hybridized carbons (Fsp3) is 0.176. The fourth-order valence-corrected chi connectivity index (χ4v) is 2.29. The highest BCUT2D eigenvalue weighted by molar-refractivity contribution is 6.33. The summed E-state index contributed by atoms with van der Waals surface area (Å²) < 4.78 is 17.7. The van der Waals surface area contributed by atoms with Crippen molar-refractivity contribution in [2.24, 2.45) is 0 Å². The van der Waals surface area contributed by atoms with Gasteiger partial charge in [0.25, 0.3) is 5.91 Å². The molecular weight excluding hydrogens is 321 g/mol. The van der Waals surface area contributed by atoms with Crippen molar-refractivity contribution in [1.29, 1.82) is 0 Å². The topological polar surface area (TPSA) is 55.4 Å². The van der Waals surface area contributed by atoms with Gasteiger partial charge in [-0.25, -0.2) is 9.18 Å². The molecule has 2 aromatic carbocycles. The summed E-state index contributed by atoms with van der Waals surface area (Å²) in [6.45, 7) is 0. The van der Waals surface area contributed by atoms with Crippen molar-refractivity contribution < 1.29 is 18.7 Å². The van der Waals surface area contributed by atoms with Crippen LogP contribution in [-0.2, 0) is 16.0 Å². The highest BCUT2D eigenvalue weighted by Gasteiger charge is 2.23. The number of nitrogens with one attached hydrogen (secondary N) is 1. The van der Waals surface area contributed by atoms with Crippen LogP contribution in [0.4, 0.5) is 4.39 Å². The van der Waals surface area contributed by atoms with Gasteiger partial charge in [-0.15, -0.1) is 0 Å². The predicted octanol–water partition coefficient (Wildman–Crippen LogP) is 2.99. The van der Waals surface area contributed by atoms with Crippen LogP contribution >= 0.6 is 11.6 Å². The van der Waals surface area contributed by atoms with E-state index in [2.05, 4.69) is 5.32 Å². The molecule has 4 nitrogen and oxygen atoms in total. The van der Waals surface area contributed by atoms with E-state index in [0.717, 1.165) is 0 Å². The number of rotatable bonds is 5. The minimum atomic E-state index is -0.894. The Hall–Kier alpha value is -2.40. The summed E-state index contributed by atoms with van der Waals surface area (Å²) >= 11 is 5.97. The Kier molecular flexibility index (Phi) is 5.71. The van der Waals surface area contributed by atoms with E-state index in [-0.39, 0.29) is 22.8 Å². The lowest BCUT2D eigenvalue weighted by Gasteiger charge is -2.17. The van der Waals surface area contributed by atoms with Gasteiger partial charge in [0.2, 0.25) is 0 Å². The number of amides is 1. The summed E-state index contributed by atoms with van der Waals surface area (Å²) in [5, 5.41) is 2.88. The van der Waals surface area contributed by atoms with Gasteiger partial charge in [-0.2, -0.15) is 0 Å². The van der Waals surface area contributed by atoms with Gasteiger partial charge in [-0.05, 0) is 29.8 Å². The summed E-state index contributed by atoms with van der Waals surface area (Å²) in [6.07, 6.45) is 0.184. The number of benzene rings is 2. The van der Waals surface area contributed by atoms with Crippen molar-refractivity contribution >= 4 is 23.5 Å². The molecule has 1 amide bonds. The largest absolute Gasteiger partial charge is 0.467 e. The number of carbonyl (C=O) groups is 2. The lowest BCUT2D eigenvalue weighted by molar-refractivity contribution is -0.142. The van der Waals surface area contributed by atoms with Gasteiger partial charge in [-0.1, -0.05) is 35.9 Å². The predicted molar refractivity (Wildman–Crippen MR) is 84.8 cm³/mol. The van der Waals surface area contributed by atoms with Gasteiger partial charge in [0.05, 0.1) is 17.7 Å². The molecule has 0 bridgehead atoms. The van der Waals surface area contributed by atoms with Gasteiger partial charge in [-0.3, -0.25) is 4.79 Å². The summed E-state index contributed by atoms with van der Waals surface area (Å²) in [5.74, 6) is -1.44. The summed E-state index contributed by atoms with van der Waals surface area (Å²) in [4.78, 5) is 24.2. The molecule has 0 aliphatic carbocycles. The Morgan fingerprint density at radius 3 is 2.43 bits per heavy atom. The Morgan fingerprint density at radius 2 is 1.83 bits per heavy atom. The van der Waals surface area contributed by atoms with Crippen LogP contribution in [0.25, 0.3) is 0 Å². The van der Waals surface area contributed by atoms with E-state index in [1.54, 1.807) is 36.4 Å². The molecule has 0 spiro atoms. The number of esters is 1. The molecule has 6 heteroatoms. The van der Waals surface area contributed by atoms with E-state index in [1.165, 1.54) is 19.2 Å². The van der Waals surface area contributed by atoms with Crippen LogP contribution in [0.3, 0.4) is 0 Å². The summed E-state index contributed by atoms with van der Waals surface area (Å²) in [5.41, 5.74) is 0.962. The molecule has 0 saturated heterocycles. The molecule has 1 N–H and O–H groups in total. The Balaban J connectivity index is 2.15. The molecule has 2 rings (SSSR count). The Labute approximate surface area is 138 Å². The van der Waals surface area contributed by atoms with Crippen LogP contribution in [0.5, 0.6) is 0 Å². The molecule has 23 heavy (non-hydrogen) atoms. The second-order valence-corrected chi connectivity index (χ2v) is 5.27. The minimum absolute atomic E-state index is 0.184. The number of halogens is 2. The maximum atomic E-state index is 12.9. The van der Waals surface area contributed by atoms with Gasteiger partial charge in [0.1, 0.15) is 11.9 Å². The van der Waals surface area contributed by atoms with Gasteiger partial charge in [0, 0.05) is 6.42 Å². The maximum Gasteiger partial charge on any atom is 0.328 e. The first-order chi connectivity index (χ1) is 11.0. The first-order valence-electron chi connectivity index (χ1n) is 6.89. The van der Waals surface area contributed by atoms with Crippen LogP contribution in [0.2, 0.25) is 5.02 Å². The lowest BCUT2D eigenvalue weighted by Crippen LogP contribution is -2.43. The standard InChI is InChI=1S/C17H15ClFNO3/c1-23-17(22)15(10-11-6-8-12(19)9-7-11)20-16(21)13-4-2-3-5-14(13)18/h2-9,15H,10H2,1H3,(H,20,21)/t15-/m0/s1. The number of carbonyl (C=O) groups excluding carboxylic acids is 2. The Morgan fingerprint density at radius 1 is 1.17 bits per heavy atom. The van der Waals surface area contributed by atoms with Gasteiger partial charge in [0.15, 0.2) is 0 Å². The molecule has 120 valence electrons. The summed E-state index contributed by atoms with van der Waals surface area (Å²) in [6, 6.07) is 11.3. The normalized spacial score (nSPS) is 11.6. The summed E-state index contributed by atoms with van der Waals surface area (Å²) in [7, 11) is 1.24. The molecular formula is C17H15ClFNO3. The van der Waals surface area contributed by atoms with Crippen molar-refractivity contribution in [1.82, 2.24) is 5.32 Å². The van der Waals surface area contributed by atoms with Crippen LogP contribution in [0.15, 0.2) is 48.5 Å². The third-order valence-electron chi connectivity index (χ3n) is 3.26. The van der Waals surface area contributed by atoms with Crippen molar-refractivity contribution in [2.75, 3.05) is 7.11 Å². The zero-order valence-corrected chi connectivity index (χ0v) is 13.1. The molecule has 0 aliphatic rings. The van der Waals surface area contributed by atoms with E-state index in [4.69, 9.17) is 16.3 Å². The molecule has 0 aliphatic heterocycles. The molecule has 0 fully saturated rings. The van der Waals surface area contributed by atoms with E-state index in [1.807, 2.05) is 0 Å².